The first-order chi connectivity index (χ1) is 11.2. The van der Waals surface area contributed by atoms with Gasteiger partial charge in [-0.1, -0.05) is 67.6 Å². The van der Waals surface area contributed by atoms with Gasteiger partial charge in [0.1, 0.15) is 5.75 Å². The molecule has 0 saturated heterocycles. The van der Waals surface area contributed by atoms with Crippen molar-refractivity contribution in [3.05, 3.63) is 58.1 Å². The molecule has 2 aromatic carbocycles. The molecule has 0 aliphatic rings. The van der Waals surface area contributed by atoms with Gasteiger partial charge in [-0.15, -0.1) is 0 Å². The van der Waals surface area contributed by atoms with Crippen molar-refractivity contribution in [2.24, 2.45) is 0 Å². The molecule has 2 aromatic rings. The summed E-state index contributed by atoms with van der Waals surface area (Å²) in [6.07, 6.45) is 4.82. The molecule has 0 radical (unpaired) electrons. The summed E-state index contributed by atoms with van der Waals surface area (Å²) in [5, 5.41) is 4.60. The first-order valence-electron chi connectivity index (χ1n) is 8.09. The van der Waals surface area contributed by atoms with Gasteiger partial charge >= 0.3 is 0 Å². The third kappa shape index (κ3) is 6.32. The second kappa shape index (κ2) is 9.69. The number of hydrogen-bond acceptors (Lipinski definition) is 2. The van der Waals surface area contributed by atoms with E-state index in [-0.39, 0.29) is 0 Å². The normalized spacial score (nSPS) is 10.6. The van der Waals surface area contributed by atoms with Crippen molar-refractivity contribution >= 4 is 28.9 Å². The first kappa shape index (κ1) is 18.0. The number of anilines is 1. The van der Waals surface area contributed by atoms with Crippen LogP contribution in [0, 0.1) is 0 Å². The summed E-state index contributed by atoms with van der Waals surface area (Å²) < 4.78 is 5.93. The number of para-hydroxylation sites is 1. The monoisotopic (exact) mass is 351 g/mol. The Kier molecular flexibility index (Phi) is 7.57. The summed E-state index contributed by atoms with van der Waals surface area (Å²) in [6.45, 7) is 3.64. The van der Waals surface area contributed by atoms with Crippen LogP contribution in [0.2, 0.25) is 10.0 Å². The summed E-state index contributed by atoms with van der Waals surface area (Å²) >= 11 is 12.0. The smallest absolute Gasteiger partial charge is 0.124 e. The Bertz CT molecular complexity index is 596. The molecule has 2 rings (SSSR count). The third-order valence-corrected chi connectivity index (χ3v) is 4.01. The van der Waals surface area contributed by atoms with Gasteiger partial charge in [0.05, 0.1) is 6.61 Å². The molecule has 0 aliphatic heterocycles. The van der Waals surface area contributed by atoms with Crippen molar-refractivity contribution < 1.29 is 4.74 Å². The zero-order chi connectivity index (χ0) is 16.5. The topological polar surface area (TPSA) is 21.3 Å². The lowest BCUT2D eigenvalue weighted by molar-refractivity contribution is 0.302. The maximum Gasteiger partial charge on any atom is 0.124 e. The minimum absolute atomic E-state index is 0.625. The van der Waals surface area contributed by atoms with Crippen LogP contribution < -0.4 is 10.1 Å². The molecule has 0 atom stereocenters. The highest BCUT2D eigenvalue weighted by Gasteiger charge is 2.04. The highest BCUT2D eigenvalue weighted by Crippen LogP contribution is 2.24. The Balaban J connectivity index is 1.91. The second-order valence-electron chi connectivity index (χ2n) is 5.53. The van der Waals surface area contributed by atoms with Gasteiger partial charge in [-0.25, -0.2) is 0 Å². The van der Waals surface area contributed by atoms with Crippen molar-refractivity contribution in [1.82, 2.24) is 0 Å². The van der Waals surface area contributed by atoms with Crippen LogP contribution in [0.4, 0.5) is 5.69 Å². The summed E-state index contributed by atoms with van der Waals surface area (Å²) in [7, 11) is 0. The average Bonchev–Trinajstić information content (AvgIpc) is 2.53. The fraction of sp³-hybridized carbons (Fsp3) is 0.368. The van der Waals surface area contributed by atoms with E-state index < -0.39 is 0 Å². The number of ether oxygens (including phenoxy) is 1. The quantitative estimate of drug-likeness (QED) is 0.516. The number of benzene rings is 2. The summed E-state index contributed by atoms with van der Waals surface area (Å²) in [5.41, 5.74) is 2.03. The Hall–Kier alpha value is -1.38. The number of unbranched alkanes of at least 4 members (excludes halogenated alkanes) is 3. The van der Waals surface area contributed by atoms with E-state index in [4.69, 9.17) is 27.9 Å². The molecule has 0 saturated carbocycles. The average molecular weight is 352 g/mol. The van der Waals surface area contributed by atoms with Crippen LogP contribution in [0.15, 0.2) is 42.5 Å². The Morgan fingerprint density at radius 1 is 0.957 bits per heavy atom. The van der Waals surface area contributed by atoms with Gasteiger partial charge in [-0.2, -0.15) is 0 Å². The van der Waals surface area contributed by atoms with Crippen molar-refractivity contribution in [3.8, 4) is 5.75 Å². The van der Waals surface area contributed by atoms with E-state index in [9.17, 15) is 0 Å². The molecular weight excluding hydrogens is 329 g/mol. The molecule has 2 nitrogen and oxygen atoms in total. The zero-order valence-corrected chi connectivity index (χ0v) is 15.0. The Morgan fingerprint density at radius 3 is 2.43 bits per heavy atom. The number of nitrogens with one attached hydrogen (secondary N) is 1. The highest BCUT2D eigenvalue weighted by atomic mass is 35.5. The molecule has 0 spiro atoms. The van der Waals surface area contributed by atoms with E-state index >= 15 is 0 Å². The lowest BCUT2D eigenvalue weighted by Crippen LogP contribution is -2.04. The van der Waals surface area contributed by atoms with Gasteiger partial charge in [0, 0.05) is 27.8 Å². The van der Waals surface area contributed by atoms with Crippen molar-refractivity contribution in [3.63, 3.8) is 0 Å². The first-order valence-corrected chi connectivity index (χ1v) is 8.85. The molecule has 1 N–H and O–H groups in total. The number of rotatable bonds is 9. The summed E-state index contributed by atoms with van der Waals surface area (Å²) in [6, 6.07) is 13.6. The zero-order valence-electron chi connectivity index (χ0n) is 13.4. The van der Waals surface area contributed by atoms with Gasteiger partial charge in [-0.05, 0) is 30.7 Å². The molecule has 0 unspecified atom stereocenters. The number of hydrogen-bond donors (Lipinski definition) is 1. The van der Waals surface area contributed by atoms with Crippen LogP contribution in [-0.2, 0) is 6.54 Å². The van der Waals surface area contributed by atoms with E-state index in [0.717, 1.165) is 30.0 Å². The van der Waals surface area contributed by atoms with Gasteiger partial charge in [0.2, 0.25) is 0 Å². The lowest BCUT2D eigenvalue weighted by atomic mass is 10.2. The molecule has 0 aliphatic carbocycles. The standard InChI is InChI=1S/C19H23Cl2NO/c1-2-3-4-7-10-23-19-9-6-5-8-15(19)14-22-18-12-16(20)11-17(21)13-18/h5-6,8-9,11-13,22H,2-4,7,10,14H2,1H3. The second-order valence-corrected chi connectivity index (χ2v) is 6.40. The van der Waals surface area contributed by atoms with Crippen LogP contribution in [0.25, 0.3) is 0 Å². The molecule has 0 aromatic heterocycles. The van der Waals surface area contributed by atoms with E-state index in [1.807, 2.05) is 30.3 Å². The predicted molar refractivity (Wildman–Crippen MR) is 99.9 cm³/mol. The Labute approximate surface area is 148 Å². The van der Waals surface area contributed by atoms with Crippen LogP contribution in [0.1, 0.15) is 38.2 Å². The fourth-order valence-electron chi connectivity index (χ4n) is 2.35. The van der Waals surface area contributed by atoms with Crippen molar-refractivity contribution in [1.29, 1.82) is 0 Å². The Morgan fingerprint density at radius 2 is 1.70 bits per heavy atom. The van der Waals surface area contributed by atoms with Gasteiger partial charge in [-0.3, -0.25) is 0 Å². The highest BCUT2D eigenvalue weighted by molar-refractivity contribution is 6.35. The van der Waals surface area contributed by atoms with Gasteiger partial charge in [0.15, 0.2) is 0 Å². The van der Waals surface area contributed by atoms with Gasteiger partial charge < -0.3 is 10.1 Å². The van der Waals surface area contributed by atoms with E-state index in [0.29, 0.717) is 16.6 Å². The van der Waals surface area contributed by atoms with E-state index in [2.05, 4.69) is 18.3 Å². The molecule has 0 bridgehead atoms. The molecule has 23 heavy (non-hydrogen) atoms. The minimum Gasteiger partial charge on any atom is -0.493 e. The molecule has 124 valence electrons. The largest absolute Gasteiger partial charge is 0.493 e. The third-order valence-electron chi connectivity index (χ3n) is 3.57. The van der Waals surface area contributed by atoms with Crippen LogP contribution in [-0.4, -0.2) is 6.61 Å². The summed E-state index contributed by atoms with van der Waals surface area (Å²) in [5.74, 6) is 0.935. The molecule has 0 fully saturated rings. The van der Waals surface area contributed by atoms with Crippen molar-refractivity contribution in [2.45, 2.75) is 39.2 Å². The molecule has 0 heterocycles. The fourth-order valence-corrected chi connectivity index (χ4v) is 2.88. The van der Waals surface area contributed by atoms with Crippen LogP contribution in [0.5, 0.6) is 5.75 Å². The molecule has 0 amide bonds. The van der Waals surface area contributed by atoms with Crippen LogP contribution >= 0.6 is 23.2 Å². The predicted octanol–water partition coefficient (Wildman–Crippen LogP) is 6.56. The van der Waals surface area contributed by atoms with E-state index in [1.54, 1.807) is 6.07 Å². The van der Waals surface area contributed by atoms with Crippen molar-refractivity contribution in [2.75, 3.05) is 11.9 Å². The molecule has 4 heteroatoms. The maximum absolute atomic E-state index is 6.02. The summed E-state index contributed by atoms with van der Waals surface area (Å²) in [4.78, 5) is 0. The minimum atomic E-state index is 0.625. The number of halogens is 2. The lowest BCUT2D eigenvalue weighted by Gasteiger charge is -2.13. The van der Waals surface area contributed by atoms with E-state index in [1.165, 1.54) is 19.3 Å². The SMILES string of the molecule is CCCCCCOc1ccccc1CNc1cc(Cl)cc(Cl)c1. The maximum atomic E-state index is 6.02. The van der Waals surface area contributed by atoms with Gasteiger partial charge in [0.25, 0.3) is 0 Å². The van der Waals surface area contributed by atoms with Crippen LogP contribution in [0.3, 0.4) is 0 Å². The molecular formula is C19H23Cl2NO.